The number of ether oxygens (including phenoxy) is 1. The highest BCUT2D eigenvalue weighted by molar-refractivity contribution is 5.77. The van der Waals surface area contributed by atoms with Gasteiger partial charge in [0.25, 0.3) is 0 Å². The molecule has 0 heterocycles. The van der Waals surface area contributed by atoms with E-state index in [2.05, 4.69) is 26.1 Å². The van der Waals surface area contributed by atoms with E-state index >= 15 is 0 Å². The highest BCUT2D eigenvalue weighted by Crippen LogP contribution is 2.20. The molecule has 70 heavy (non-hydrogen) atoms. The highest BCUT2D eigenvalue weighted by Gasteiger charge is 2.24. The second-order valence-corrected chi connectivity index (χ2v) is 22.5. The molecule has 0 aromatic rings. The minimum atomic E-state index is -0.781. The molecule has 0 rings (SSSR count). The van der Waals surface area contributed by atoms with Crippen molar-refractivity contribution >= 4 is 11.9 Å². The van der Waals surface area contributed by atoms with Crippen LogP contribution in [-0.2, 0) is 14.3 Å². The number of unbranched alkanes of at least 4 members (excludes halogenated alkanes) is 48. The summed E-state index contributed by atoms with van der Waals surface area (Å²) in [6, 6.07) is -0.694. The monoisotopic (exact) mass is 990 g/mol. The maximum atomic E-state index is 13.3. The fraction of sp³-hybridized carbons (Fsp3) is 0.969. The number of amides is 1. The van der Waals surface area contributed by atoms with Crippen molar-refractivity contribution in [2.75, 3.05) is 6.61 Å². The van der Waals surface area contributed by atoms with E-state index in [1.54, 1.807) is 0 Å². The maximum Gasteiger partial charge on any atom is 0.306 e. The number of rotatable bonds is 60. The Morgan fingerprint density at radius 2 is 0.600 bits per heavy atom. The summed E-state index contributed by atoms with van der Waals surface area (Å²) in [6.45, 7) is 6.56. The van der Waals surface area contributed by atoms with Crippen molar-refractivity contribution in [3.63, 3.8) is 0 Å². The zero-order valence-corrected chi connectivity index (χ0v) is 47.9. The summed E-state index contributed by atoms with van der Waals surface area (Å²) < 4.78 is 6.00. The first-order valence-electron chi connectivity index (χ1n) is 32.3. The van der Waals surface area contributed by atoms with E-state index in [1.165, 1.54) is 289 Å². The van der Waals surface area contributed by atoms with E-state index in [4.69, 9.17) is 4.74 Å². The van der Waals surface area contributed by atoms with Gasteiger partial charge in [-0.3, -0.25) is 9.59 Å². The number of carbonyl (C=O) groups is 2. The van der Waals surface area contributed by atoms with Crippen LogP contribution < -0.4 is 5.32 Å². The van der Waals surface area contributed by atoms with Crippen molar-refractivity contribution in [1.29, 1.82) is 0 Å². The molecule has 0 aliphatic rings. The van der Waals surface area contributed by atoms with E-state index in [0.29, 0.717) is 19.3 Å². The standard InChI is InChI=1S/C64H127NO5/c1-4-7-10-13-16-19-22-25-28-31-33-36-39-42-45-48-51-54-57-64(69)70-60(55-52-49-46-43-40-37-34-32-29-26-23-20-17-14-11-8-5-2)58-63(68)65-61(59-66)62(67)56-53-50-47-44-41-38-35-30-27-24-21-18-15-12-9-6-3/h60-62,66-67H,4-59H2,1-3H3,(H,65,68). The molecule has 0 aliphatic heterocycles. The fourth-order valence-electron chi connectivity index (χ4n) is 10.6. The number of carbonyl (C=O) groups excluding carboxylic acids is 2. The lowest BCUT2D eigenvalue weighted by Gasteiger charge is -2.24. The Labute approximate surface area is 438 Å². The van der Waals surface area contributed by atoms with E-state index in [-0.39, 0.29) is 24.9 Å². The summed E-state index contributed by atoms with van der Waals surface area (Å²) in [5, 5.41) is 24.0. The van der Waals surface area contributed by atoms with Crippen molar-refractivity contribution in [1.82, 2.24) is 5.32 Å². The summed E-state index contributed by atoms with van der Waals surface area (Å²) in [4.78, 5) is 26.4. The number of aliphatic hydroxyl groups excluding tert-OH is 2. The molecule has 6 heteroatoms. The van der Waals surface area contributed by atoms with Crippen LogP contribution in [-0.4, -0.2) is 46.9 Å². The Kier molecular flexibility index (Phi) is 57.8. The van der Waals surface area contributed by atoms with Crippen LogP contribution in [0, 0.1) is 0 Å². The van der Waals surface area contributed by atoms with Gasteiger partial charge in [-0.15, -0.1) is 0 Å². The lowest BCUT2D eigenvalue weighted by atomic mass is 10.0. The molecule has 3 N–H and O–H groups in total. The Bertz CT molecular complexity index is 1020. The molecule has 0 aromatic heterocycles. The largest absolute Gasteiger partial charge is 0.462 e. The van der Waals surface area contributed by atoms with Crippen LogP contribution in [0.1, 0.15) is 374 Å². The average Bonchev–Trinajstić information content (AvgIpc) is 3.35. The molecule has 3 atom stereocenters. The van der Waals surface area contributed by atoms with Gasteiger partial charge >= 0.3 is 5.97 Å². The third-order valence-electron chi connectivity index (χ3n) is 15.4. The van der Waals surface area contributed by atoms with Crippen LogP contribution >= 0.6 is 0 Å². The minimum Gasteiger partial charge on any atom is -0.462 e. The van der Waals surface area contributed by atoms with Gasteiger partial charge in [0.05, 0.1) is 25.2 Å². The van der Waals surface area contributed by atoms with Gasteiger partial charge in [0.2, 0.25) is 5.91 Å². The normalized spacial score (nSPS) is 12.9. The lowest BCUT2D eigenvalue weighted by Crippen LogP contribution is -2.46. The van der Waals surface area contributed by atoms with Crippen molar-refractivity contribution in [2.24, 2.45) is 0 Å². The first-order valence-corrected chi connectivity index (χ1v) is 32.3. The molecule has 0 aromatic carbocycles. The molecule has 0 saturated carbocycles. The van der Waals surface area contributed by atoms with Gasteiger partial charge in [-0.1, -0.05) is 335 Å². The lowest BCUT2D eigenvalue weighted by molar-refractivity contribution is -0.151. The quantitative estimate of drug-likeness (QED) is 0.0417. The molecule has 6 nitrogen and oxygen atoms in total. The van der Waals surface area contributed by atoms with E-state index in [1.807, 2.05) is 0 Å². The van der Waals surface area contributed by atoms with Crippen molar-refractivity contribution in [2.45, 2.75) is 392 Å². The van der Waals surface area contributed by atoms with Gasteiger partial charge in [-0.25, -0.2) is 0 Å². The molecule has 0 fully saturated rings. The molecular weight excluding hydrogens is 863 g/mol. The number of hydrogen-bond donors (Lipinski definition) is 3. The van der Waals surface area contributed by atoms with Crippen LogP contribution in [0.5, 0.6) is 0 Å². The summed E-state index contributed by atoms with van der Waals surface area (Å²) >= 11 is 0. The molecule has 0 bridgehead atoms. The number of aliphatic hydroxyl groups is 2. The smallest absolute Gasteiger partial charge is 0.306 e. The Balaban J connectivity index is 4.46. The summed E-state index contributed by atoms with van der Waals surface area (Å²) in [5.41, 5.74) is 0. The van der Waals surface area contributed by atoms with E-state index < -0.39 is 18.2 Å². The topological polar surface area (TPSA) is 95.9 Å². The predicted molar refractivity (Wildman–Crippen MR) is 306 cm³/mol. The third kappa shape index (κ3) is 53.2. The second-order valence-electron chi connectivity index (χ2n) is 22.5. The number of nitrogens with one attached hydrogen (secondary N) is 1. The molecule has 3 unspecified atom stereocenters. The fourth-order valence-corrected chi connectivity index (χ4v) is 10.6. The van der Waals surface area contributed by atoms with Gasteiger partial charge in [-0.05, 0) is 25.7 Å². The van der Waals surface area contributed by atoms with Crippen LogP contribution in [0.2, 0.25) is 0 Å². The van der Waals surface area contributed by atoms with Crippen LogP contribution in [0.4, 0.5) is 0 Å². The number of esters is 1. The number of hydrogen-bond acceptors (Lipinski definition) is 5. The minimum absolute atomic E-state index is 0.0893. The average molecular weight is 991 g/mol. The molecule has 0 radical (unpaired) electrons. The molecule has 418 valence electrons. The maximum absolute atomic E-state index is 13.3. The summed E-state index contributed by atoms with van der Waals surface area (Å²) in [6.07, 6.45) is 67.5. The molecular formula is C64H127NO5. The molecule has 1 amide bonds. The Hall–Kier alpha value is -1.14. The van der Waals surface area contributed by atoms with Crippen molar-refractivity contribution in [3.8, 4) is 0 Å². The van der Waals surface area contributed by atoms with E-state index in [9.17, 15) is 19.8 Å². The highest BCUT2D eigenvalue weighted by atomic mass is 16.5. The first-order chi connectivity index (χ1) is 34.5. The van der Waals surface area contributed by atoms with Crippen molar-refractivity contribution < 1.29 is 24.5 Å². The zero-order chi connectivity index (χ0) is 50.9. The molecule has 0 aliphatic carbocycles. The predicted octanol–water partition coefficient (Wildman–Crippen LogP) is 20.3. The first kappa shape index (κ1) is 68.9. The Morgan fingerprint density at radius 3 is 0.871 bits per heavy atom. The van der Waals surface area contributed by atoms with Crippen molar-refractivity contribution in [3.05, 3.63) is 0 Å². The van der Waals surface area contributed by atoms with Crippen LogP contribution in [0.25, 0.3) is 0 Å². The molecule has 0 saturated heterocycles. The molecule has 0 spiro atoms. The summed E-state index contributed by atoms with van der Waals surface area (Å²) in [5.74, 6) is -0.438. The van der Waals surface area contributed by atoms with Crippen LogP contribution in [0.3, 0.4) is 0 Å². The van der Waals surface area contributed by atoms with Gasteiger partial charge < -0.3 is 20.3 Å². The van der Waals surface area contributed by atoms with Gasteiger partial charge in [0.1, 0.15) is 6.10 Å². The summed E-state index contributed by atoms with van der Waals surface area (Å²) in [7, 11) is 0. The zero-order valence-electron chi connectivity index (χ0n) is 47.9. The Morgan fingerprint density at radius 1 is 0.357 bits per heavy atom. The van der Waals surface area contributed by atoms with Gasteiger partial charge in [0, 0.05) is 6.42 Å². The van der Waals surface area contributed by atoms with E-state index in [0.717, 1.165) is 38.5 Å². The van der Waals surface area contributed by atoms with Crippen LogP contribution in [0.15, 0.2) is 0 Å². The van der Waals surface area contributed by atoms with Gasteiger partial charge in [0.15, 0.2) is 0 Å². The second kappa shape index (κ2) is 58.7. The van der Waals surface area contributed by atoms with Gasteiger partial charge in [-0.2, -0.15) is 0 Å². The third-order valence-corrected chi connectivity index (χ3v) is 15.4. The SMILES string of the molecule is CCCCCCCCCCCCCCCCCCCCC(=O)OC(CCCCCCCCCCCCCCCCCCC)CC(=O)NC(CO)C(O)CCCCCCCCCCCCCCCCCC.